The molecular formula is C23H22N2O4S. The fraction of sp³-hybridized carbons (Fsp3) is 0.174. The highest BCUT2D eigenvalue weighted by molar-refractivity contribution is 7.93. The van der Waals surface area contributed by atoms with Crippen LogP contribution >= 0.6 is 0 Å². The number of hydrogen-bond acceptors (Lipinski definition) is 4. The van der Waals surface area contributed by atoms with E-state index in [0.29, 0.717) is 23.5 Å². The molecule has 0 spiro atoms. The van der Waals surface area contributed by atoms with Crippen molar-refractivity contribution in [2.75, 3.05) is 23.3 Å². The highest BCUT2D eigenvalue weighted by atomic mass is 32.2. The van der Waals surface area contributed by atoms with Crippen LogP contribution in [0, 0.1) is 0 Å². The largest absolute Gasteiger partial charge is 0.495 e. The van der Waals surface area contributed by atoms with Gasteiger partial charge in [-0.15, -0.1) is 0 Å². The lowest BCUT2D eigenvalue weighted by atomic mass is 10.0. The molecule has 0 bridgehead atoms. The molecule has 1 heterocycles. The third-order valence-corrected chi connectivity index (χ3v) is 6.95. The van der Waals surface area contributed by atoms with Crippen molar-refractivity contribution in [2.24, 2.45) is 0 Å². The van der Waals surface area contributed by atoms with Crippen molar-refractivity contribution < 1.29 is 17.9 Å². The molecule has 3 aromatic carbocycles. The van der Waals surface area contributed by atoms with E-state index >= 15 is 0 Å². The van der Waals surface area contributed by atoms with E-state index in [1.165, 1.54) is 23.5 Å². The molecular weight excluding hydrogens is 400 g/mol. The van der Waals surface area contributed by atoms with E-state index in [-0.39, 0.29) is 16.6 Å². The molecule has 6 nitrogen and oxygen atoms in total. The third-order valence-electron chi connectivity index (χ3n) is 5.09. The highest BCUT2D eigenvalue weighted by Crippen LogP contribution is 2.36. The number of benzene rings is 3. The summed E-state index contributed by atoms with van der Waals surface area (Å²) in [5.41, 5.74) is 2.68. The maximum atomic E-state index is 13.4. The molecule has 1 aliphatic rings. The summed E-state index contributed by atoms with van der Waals surface area (Å²) in [4.78, 5) is 12.5. The molecule has 7 heteroatoms. The minimum atomic E-state index is -3.82. The first-order valence-electron chi connectivity index (χ1n) is 9.66. The van der Waals surface area contributed by atoms with Crippen LogP contribution in [0.2, 0.25) is 0 Å². The van der Waals surface area contributed by atoms with Gasteiger partial charge in [0.1, 0.15) is 10.6 Å². The fourth-order valence-corrected chi connectivity index (χ4v) is 5.30. The first-order valence-corrected chi connectivity index (χ1v) is 11.1. The van der Waals surface area contributed by atoms with E-state index < -0.39 is 10.0 Å². The van der Waals surface area contributed by atoms with E-state index in [9.17, 15) is 13.2 Å². The zero-order valence-corrected chi connectivity index (χ0v) is 17.4. The average molecular weight is 423 g/mol. The zero-order valence-electron chi connectivity index (χ0n) is 16.5. The van der Waals surface area contributed by atoms with Crippen LogP contribution in [-0.2, 0) is 16.4 Å². The predicted octanol–water partition coefficient (Wildman–Crippen LogP) is 4.09. The van der Waals surface area contributed by atoms with Crippen molar-refractivity contribution in [1.29, 1.82) is 0 Å². The van der Waals surface area contributed by atoms with Crippen LogP contribution in [0.25, 0.3) is 0 Å². The van der Waals surface area contributed by atoms with E-state index in [1.807, 2.05) is 30.3 Å². The van der Waals surface area contributed by atoms with Crippen LogP contribution in [0.1, 0.15) is 22.3 Å². The molecule has 4 rings (SSSR count). The number of sulfonamides is 1. The fourth-order valence-electron chi connectivity index (χ4n) is 3.62. The van der Waals surface area contributed by atoms with Gasteiger partial charge in [-0.2, -0.15) is 0 Å². The molecule has 1 N–H and O–H groups in total. The summed E-state index contributed by atoms with van der Waals surface area (Å²) in [5, 5.41) is 2.78. The van der Waals surface area contributed by atoms with E-state index in [1.54, 1.807) is 30.3 Å². The second-order valence-electron chi connectivity index (χ2n) is 7.00. The van der Waals surface area contributed by atoms with E-state index in [0.717, 1.165) is 18.4 Å². The van der Waals surface area contributed by atoms with Crippen molar-refractivity contribution in [2.45, 2.75) is 17.7 Å². The number of nitrogens with one attached hydrogen (secondary N) is 1. The highest BCUT2D eigenvalue weighted by Gasteiger charge is 2.31. The number of anilines is 2. The molecule has 154 valence electrons. The summed E-state index contributed by atoms with van der Waals surface area (Å²) < 4.78 is 33.7. The van der Waals surface area contributed by atoms with Gasteiger partial charge in [0.15, 0.2) is 0 Å². The van der Waals surface area contributed by atoms with Crippen LogP contribution in [0.5, 0.6) is 5.75 Å². The van der Waals surface area contributed by atoms with Crippen LogP contribution < -0.4 is 14.4 Å². The standard InChI is InChI=1S/C23H22N2O4S/c1-29-21-16-19(24-23(26)18-9-3-2-4-10-18)13-14-22(21)30(27,28)25-15-7-11-17-8-5-6-12-20(17)25/h2-6,8-10,12-14,16H,7,11,15H2,1H3,(H,24,26). The summed E-state index contributed by atoms with van der Waals surface area (Å²) in [7, 11) is -2.40. The number of fused-ring (bicyclic) bond motifs is 1. The molecule has 0 aliphatic carbocycles. The SMILES string of the molecule is COc1cc(NC(=O)c2ccccc2)ccc1S(=O)(=O)N1CCCc2ccccc21. The first kappa shape index (κ1) is 20.0. The third kappa shape index (κ3) is 3.76. The molecule has 0 saturated carbocycles. The quantitative estimate of drug-likeness (QED) is 0.672. The Morgan fingerprint density at radius 1 is 1.00 bits per heavy atom. The van der Waals surface area contributed by atoms with Crippen molar-refractivity contribution in [3.8, 4) is 5.75 Å². The van der Waals surface area contributed by atoms with Gasteiger partial charge in [-0.1, -0.05) is 36.4 Å². The van der Waals surface area contributed by atoms with Gasteiger partial charge in [-0.25, -0.2) is 8.42 Å². The molecule has 0 aromatic heterocycles. The van der Waals surface area contributed by atoms with Gasteiger partial charge in [0.2, 0.25) is 0 Å². The van der Waals surface area contributed by atoms with Crippen molar-refractivity contribution in [3.63, 3.8) is 0 Å². The second kappa shape index (κ2) is 8.20. The molecule has 0 saturated heterocycles. The van der Waals surface area contributed by atoms with Crippen molar-refractivity contribution >= 4 is 27.3 Å². The smallest absolute Gasteiger partial charge is 0.268 e. The van der Waals surface area contributed by atoms with Crippen LogP contribution in [0.15, 0.2) is 77.7 Å². The van der Waals surface area contributed by atoms with Gasteiger partial charge in [0, 0.05) is 23.9 Å². The molecule has 30 heavy (non-hydrogen) atoms. The van der Waals surface area contributed by atoms with Gasteiger partial charge < -0.3 is 10.1 Å². The van der Waals surface area contributed by atoms with Crippen LogP contribution in [0.3, 0.4) is 0 Å². The Morgan fingerprint density at radius 3 is 2.50 bits per heavy atom. The van der Waals surface area contributed by atoms with Gasteiger partial charge in [0.25, 0.3) is 15.9 Å². The summed E-state index contributed by atoms with van der Waals surface area (Å²) in [6, 6.07) is 20.9. The minimum Gasteiger partial charge on any atom is -0.495 e. The van der Waals surface area contributed by atoms with Crippen LogP contribution in [-0.4, -0.2) is 28.0 Å². The zero-order chi connectivity index (χ0) is 21.1. The Kier molecular flexibility index (Phi) is 5.46. The average Bonchev–Trinajstić information content (AvgIpc) is 2.79. The van der Waals surface area contributed by atoms with E-state index in [4.69, 9.17) is 4.74 Å². The molecule has 1 aliphatic heterocycles. The van der Waals surface area contributed by atoms with Gasteiger partial charge >= 0.3 is 0 Å². The number of para-hydroxylation sites is 1. The molecule has 1 amide bonds. The number of nitrogens with zero attached hydrogens (tertiary/aromatic N) is 1. The number of amides is 1. The molecule has 3 aromatic rings. The van der Waals surface area contributed by atoms with Crippen LogP contribution in [0.4, 0.5) is 11.4 Å². The number of carbonyl (C=O) groups excluding carboxylic acids is 1. The summed E-state index contributed by atoms with van der Waals surface area (Å²) in [5.74, 6) is -0.0952. The van der Waals surface area contributed by atoms with Gasteiger partial charge in [0.05, 0.1) is 12.8 Å². The Balaban J connectivity index is 1.66. The Bertz CT molecular complexity index is 1180. The number of rotatable bonds is 5. The maximum Gasteiger partial charge on any atom is 0.268 e. The Morgan fingerprint density at radius 2 is 1.73 bits per heavy atom. The summed E-state index contributed by atoms with van der Waals surface area (Å²) >= 11 is 0. The normalized spacial score (nSPS) is 13.4. The number of ether oxygens (including phenoxy) is 1. The predicted molar refractivity (Wildman–Crippen MR) is 117 cm³/mol. The topological polar surface area (TPSA) is 75.7 Å². The molecule has 0 unspecified atom stereocenters. The first-order chi connectivity index (χ1) is 14.5. The monoisotopic (exact) mass is 422 g/mol. The lowest BCUT2D eigenvalue weighted by Gasteiger charge is -2.30. The summed E-state index contributed by atoms with van der Waals surface area (Å²) in [6.07, 6.45) is 1.60. The van der Waals surface area contributed by atoms with Crippen molar-refractivity contribution in [1.82, 2.24) is 0 Å². The second-order valence-corrected chi connectivity index (χ2v) is 8.83. The Labute approximate surface area is 176 Å². The lowest BCUT2D eigenvalue weighted by Crippen LogP contribution is -2.35. The molecule has 0 atom stereocenters. The maximum absolute atomic E-state index is 13.4. The van der Waals surface area contributed by atoms with Gasteiger partial charge in [-0.3, -0.25) is 9.10 Å². The molecule has 0 radical (unpaired) electrons. The summed E-state index contributed by atoms with van der Waals surface area (Å²) in [6.45, 7) is 0.412. The lowest BCUT2D eigenvalue weighted by molar-refractivity contribution is 0.102. The number of aryl methyl sites for hydroxylation is 1. The molecule has 0 fully saturated rings. The Hall–Kier alpha value is -3.32. The number of hydrogen-bond donors (Lipinski definition) is 1. The minimum absolute atomic E-state index is 0.0689. The number of methoxy groups -OCH3 is 1. The van der Waals surface area contributed by atoms with Crippen molar-refractivity contribution in [3.05, 3.63) is 83.9 Å². The van der Waals surface area contributed by atoms with Gasteiger partial charge in [-0.05, 0) is 48.7 Å². The van der Waals surface area contributed by atoms with E-state index in [2.05, 4.69) is 5.32 Å². The number of carbonyl (C=O) groups is 1.